The normalized spacial score (nSPS) is 14.2. The van der Waals surface area contributed by atoms with E-state index in [1.54, 1.807) is 7.11 Å². The third-order valence-electron chi connectivity index (χ3n) is 3.07. The van der Waals surface area contributed by atoms with Gasteiger partial charge in [-0.05, 0) is 12.8 Å². The molecule has 0 bridgehead atoms. The van der Waals surface area contributed by atoms with Crippen molar-refractivity contribution in [3.8, 4) is 0 Å². The summed E-state index contributed by atoms with van der Waals surface area (Å²) in [6, 6.07) is 0. The number of anilines is 3. The van der Waals surface area contributed by atoms with Crippen LogP contribution in [0.15, 0.2) is 0 Å². The fourth-order valence-electron chi connectivity index (χ4n) is 2.03. The van der Waals surface area contributed by atoms with Gasteiger partial charge in [-0.15, -0.1) is 0 Å². The minimum Gasteiger partial charge on any atom is -0.383 e. The summed E-state index contributed by atoms with van der Waals surface area (Å²) in [5, 5.41) is 5.55. The molecule has 0 spiro atoms. The van der Waals surface area contributed by atoms with Crippen LogP contribution in [0, 0.1) is 0 Å². The molecule has 0 radical (unpaired) electrons. The number of hydrogen-bond acceptors (Lipinski definition) is 8. The Morgan fingerprint density at radius 1 is 1.33 bits per heavy atom. The van der Waals surface area contributed by atoms with E-state index >= 15 is 0 Å². The number of ether oxygens (including phenoxy) is 1. The molecule has 9 heteroatoms. The molecule has 1 saturated heterocycles. The first kappa shape index (κ1) is 15.2. The molecule has 2 rings (SSSR count). The van der Waals surface area contributed by atoms with Crippen molar-refractivity contribution >= 4 is 23.8 Å². The van der Waals surface area contributed by atoms with Crippen molar-refractivity contribution in [1.29, 1.82) is 0 Å². The van der Waals surface area contributed by atoms with Gasteiger partial charge in [-0.1, -0.05) is 0 Å². The van der Waals surface area contributed by atoms with Crippen LogP contribution in [-0.4, -0.2) is 60.8 Å². The van der Waals surface area contributed by atoms with Gasteiger partial charge in [-0.2, -0.15) is 15.0 Å². The highest BCUT2D eigenvalue weighted by atomic mass is 16.5. The molecule has 0 atom stereocenters. The predicted molar refractivity (Wildman–Crippen MR) is 79.1 cm³/mol. The lowest BCUT2D eigenvalue weighted by Gasteiger charge is -2.16. The van der Waals surface area contributed by atoms with E-state index in [2.05, 4.69) is 30.5 Å². The van der Waals surface area contributed by atoms with Gasteiger partial charge < -0.3 is 26.0 Å². The standard InChI is InChI=1S/C12H21N7O2/c1-21-7-4-14-9(20)8-15-11-16-10(13)17-12(18-11)19-5-2-3-6-19/h2-8H2,1H3,(H,14,20)(H3,13,15,16,17,18). The molecule has 0 aliphatic carbocycles. The molecule has 9 nitrogen and oxygen atoms in total. The number of aromatic nitrogens is 3. The van der Waals surface area contributed by atoms with E-state index in [1.807, 2.05) is 0 Å². The molecular formula is C12H21N7O2. The monoisotopic (exact) mass is 295 g/mol. The van der Waals surface area contributed by atoms with E-state index in [1.165, 1.54) is 0 Å². The second-order valence-corrected chi connectivity index (χ2v) is 4.71. The Morgan fingerprint density at radius 2 is 2.10 bits per heavy atom. The highest BCUT2D eigenvalue weighted by Crippen LogP contribution is 2.17. The van der Waals surface area contributed by atoms with E-state index in [9.17, 15) is 4.79 Å². The molecule has 0 saturated carbocycles. The fraction of sp³-hybridized carbons (Fsp3) is 0.667. The summed E-state index contributed by atoms with van der Waals surface area (Å²) in [5.41, 5.74) is 5.69. The molecule has 1 amide bonds. The number of nitrogens with one attached hydrogen (secondary N) is 2. The average molecular weight is 295 g/mol. The van der Waals surface area contributed by atoms with Crippen LogP contribution >= 0.6 is 0 Å². The first-order valence-corrected chi connectivity index (χ1v) is 6.95. The lowest BCUT2D eigenvalue weighted by atomic mass is 10.4. The number of carbonyl (C=O) groups excluding carboxylic acids is 1. The number of hydrogen-bond donors (Lipinski definition) is 3. The van der Waals surface area contributed by atoms with E-state index < -0.39 is 0 Å². The summed E-state index contributed by atoms with van der Waals surface area (Å²) in [4.78, 5) is 26.0. The van der Waals surface area contributed by atoms with Crippen molar-refractivity contribution in [2.45, 2.75) is 12.8 Å². The fourth-order valence-corrected chi connectivity index (χ4v) is 2.03. The first-order chi connectivity index (χ1) is 10.2. The smallest absolute Gasteiger partial charge is 0.239 e. The maximum Gasteiger partial charge on any atom is 0.239 e. The van der Waals surface area contributed by atoms with Crippen molar-refractivity contribution in [3.63, 3.8) is 0 Å². The summed E-state index contributed by atoms with van der Waals surface area (Å²) < 4.78 is 4.85. The zero-order valence-corrected chi connectivity index (χ0v) is 12.1. The number of nitrogens with two attached hydrogens (primary N) is 1. The van der Waals surface area contributed by atoms with Crippen molar-refractivity contribution in [3.05, 3.63) is 0 Å². The van der Waals surface area contributed by atoms with Crippen molar-refractivity contribution in [2.24, 2.45) is 0 Å². The molecule has 1 fully saturated rings. The van der Waals surface area contributed by atoms with Crippen LogP contribution in [0.25, 0.3) is 0 Å². The Morgan fingerprint density at radius 3 is 2.81 bits per heavy atom. The number of nitrogen functional groups attached to an aromatic ring is 1. The van der Waals surface area contributed by atoms with Crippen LogP contribution in [0.4, 0.5) is 17.8 Å². The third-order valence-corrected chi connectivity index (χ3v) is 3.07. The summed E-state index contributed by atoms with van der Waals surface area (Å²) in [6.45, 7) is 2.85. The number of amides is 1. The van der Waals surface area contributed by atoms with Gasteiger partial charge >= 0.3 is 0 Å². The molecule has 0 unspecified atom stereocenters. The second-order valence-electron chi connectivity index (χ2n) is 4.71. The van der Waals surface area contributed by atoms with E-state index in [4.69, 9.17) is 10.5 Å². The quantitative estimate of drug-likeness (QED) is 0.561. The minimum absolute atomic E-state index is 0.0760. The van der Waals surface area contributed by atoms with Crippen molar-refractivity contribution in [2.75, 3.05) is 55.8 Å². The molecule has 21 heavy (non-hydrogen) atoms. The van der Waals surface area contributed by atoms with Crippen molar-refractivity contribution < 1.29 is 9.53 Å². The molecule has 1 aromatic heterocycles. The summed E-state index contributed by atoms with van der Waals surface area (Å²) in [6.07, 6.45) is 2.24. The largest absolute Gasteiger partial charge is 0.383 e. The van der Waals surface area contributed by atoms with Crippen molar-refractivity contribution in [1.82, 2.24) is 20.3 Å². The number of methoxy groups -OCH3 is 1. The Kier molecular flexibility index (Phi) is 5.50. The van der Waals surface area contributed by atoms with Gasteiger partial charge in [-0.3, -0.25) is 4.79 Å². The molecule has 116 valence electrons. The third kappa shape index (κ3) is 4.71. The molecule has 1 aliphatic rings. The molecule has 2 heterocycles. The van der Waals surface area contributed by atoms with Crippen LogP contribution in [-0.2, 0) is 9.53 Å². The Labute approximate surface area is 123 Å². The Balaban J connectivity index is 1.89. The highest BCUT2D eigenvalue weighted by molar-refractivity contribution is 5.80. The summed E-state index contributed by atoms with van der Waals surface area (Å²) in [7, 11) is 1.58. The lowest BCUT2D eigenvalue weighted by Crippen LogP contribution is -2.32. The van der Waals surface area contributed by atoms with Crippen LogP contribution in [0.3, 0.4) is 0 Å². The second kappa shape index (κ2) is 7.58. The van der Waals surface area contributed by atoms with Gasteiger partial charge in [0.2, 0.25) is 23.8 Å². The van der Waals surface area contributed by atoms with Gasteiger partial charge in [0.25, 0.3) is 0 Å². The van der Waals surface area contributed by atoms with Crippen LogP contribution < -0.4 is 21.3 Å². The van der Waals surface area contributed by atoms with E-state index in [0.717, 1.165) is 25.9 Å². The van der Waals surface area contributed by atoms with E-state index in [-0.39, 0.29) is 18.4 Å². The van der Waals surface area contributed by atoms with Gasteiger partial charge in [-0.25, -0.2) is 0 Å². The molecule has 1 aromatic rings. The van der Waals surface area contributed by atoms with Gasteiger partial charge in [0.05, 0.1) is 13.2 Å². The van der Waals surface area contributed by atoms with Crippen LogP contribution in [0.5, 0.6) is 0 Å². The molecule has 4 N–H and O–H groups in total. The molecular weight excluding hydrogens is 274 g/mol. The highest BCUT2D eigenvalue weighted by Gasteiger charge is 2.16. The maximum atomic E-state index is 11.6. The average Bonchev–Trinajstić information content (AvgIpc) is 2.99. The Hall–Kier alpha value is -2.16. The van der Waals surface area contributed by atoms with Crippen LogP contribution in [0.1, 0.15) is 12.8 Å². The number of nitrogens with zero attached hydrogens (tertiary/aromatic N) is 4. The van der Waals surface area contributed by atoms with E-state index in [0.29, 0.717) is 25.0 Å². The molecule has 0 aromatic carbocycles. The van der Waals surface area contributed by atoms with Gasteiger partial charge in [0.1, 0.15) is 0 Å². The summed E-state index contributed by atoms with van der Waals surface area (Å²) >= 11 is 0. The summed E-state index contributed by atoms with van der Waals surface area (Å²) in [5.74, 6) is 0.858. The number of rotatable bonds is 7. The maximum absolute atomic E-state index is 11.6. The van der Waals surface area contributed by atoms with Gasteiger partial charge in [0.15, 0.2) is 0 Å². The van der Waals surface area contributed by atoms with Crippen LogP contribution in [0.2, 0.25) is 0 Å². The lowest BCUT2D eigenvalue weighted by molar-refractivity contribution is -0.119. The zero-order valence-electron chi connectivity index (χ0n) is 12.1. The Bertz CT molecular complexity index is 477. The van der Waals surface area contributed by atoms with Gasteiger partial charge in [0, 0.05) is 26.7 Å². The molecule has 1 aliphatic heterocycles. The number of carbonyl (C=O) groups is 1. The SMILES string of the molecule is COCCNC(=O)CNc1nc(N)nc(N2CCCC2)n1. The topological polar surface area (TPSA) is 118 Å². The first-order valence-electron chi connectivity index (χ1n) is 6.95. The minimum atomic E-state index is -0.159. The zero-order chi connectivity index (χ0) is 15.1. The predicted octanol–water partition coefficient (Wildman–Crippen LogP) is -0.771.